The van der Waals surface area contributed by atoms with Crippen LogP contribution in [0.15, 0.2) is 36.9 Å². The van der Waals surface area contributed by atoms with Crippen molar-refractivity contribution in [2.45, 2.75) is 58.3 Å². The van der Waals surface area contributed by atoms with E-state index in [9.17, 15) is 4.79 Å². The molecule has 1 aromatic rings. The minimum absolute atomic E-state index is 0.0594. The SMILES string of the molecule is C=CCOc1ccc(OC(=O)C2CCC(CCCCC)CC2)cc1. The molecular weight excluding hydrogens is 300 g/mol. The number of rotatable bonds is 9. The fourth-order valence-electron chi connectivity index (χ4n) is 3.33. The van der Waals surface area contributed by atoms with E-state index in [1.54, 1.807) is 18.2 Å². The van der Waals surface area contributed by atoms with Gasteiger partial charge in [0.2, 0.25) is 0 Å². The monoisotopic (exact) mass is 330 g/mol. The molecule has 0 aromatic heterocycles. The molecular formula is C21H30O3. The summed E-state index contributed by atoms with van der Waals surface area (Å²) in [7, 11) is 0. The Balaban J connectivity index is 1.74. The molecule has 0 N–H and O–H groups in total. The van der Waals surface area contributed by atoms with Crippen LogP contribution in [0, 0.1) is 11.8 Å². The van der Waals surface area contributed by atoms with Gasteiger partial charge in [-0.15, -0.1) is 0 Å². The largest absolute Gasteiger partial charge is 0.490 e. The van der Waals surface area contributed by atoms with Crippen molar-refractivity contribution in [1.29, 1.82) is 0 Å². The molecule has 132 valence electrons. The van der Waals surface area contributed by atoms with Gasteiger partial charge in [0.05, 0.1) is 5.92 Å². The molecule has 3 heteroatoms. The van der Waals surface area contributed by atoms with Crippen LogP contribution in [0.4, 0.5) is 0 Å². The molecule has 24 heavy (non-hydrogen) atoms. The molecule has 1 saturated carbocycles. The zero-order valence-electron chi connectivity index (χ0n) is 14.8. The van der Waals surface area contributed by atoms with Gasteiger partial charge >= 0.3 is 5.97 Å². The van der Waals surface area contributed by atoms with Crippen LogP contribution in [0.5, 0.6) is 11.5 Å². The Bertz CT molecular complexity index is 498. The van der Waals surface area contributed by atoms with Gasteiger partial charge in [0.1, 0.15) is 18.1 Å². The highest BCUT2D eigenvalue weighted by molar-refractivity contribution is 5.75. The Labute approximate surface area is 146 Å². The minimum atomic E-state index is -0.0817. The van der Waals surface area contributed by atoms with Crippen molar-refractivity contribution in [1.82, 2.24) is 0 Å². The van der Waals surface area contributed by atoms with Crippen LogP contribution in [0.25, 0.3) is 0 Å². The normalized spacial score (nSPS) is 20.4. The number of carbonyl (C=O) groups is 1. The van der Waals surface area contributed by atoms with E-state index in [0.717, 1.165) is 37.4 Å². The molecule has 1 aliphatic rings. The first kappa shape index (κ1) is 18.6. The van der Waals surface area contributed by atoms with Gasteiger partial charge in [-0.1, -0.05) is 45.3 Å². The number of carbonyl (C=O) groups excluding carboxylic acids is 1. The fourth-order valence-corrected chi connectivity index (χ4v) is 3.33. The summed E-state index contributed by atoms with van der Waals surface area (Å²) in [5.41, 5.74) is 0. The Morgan fingerprint density at radius 1 is 1.12 bits per heavy atom. The number of ether oxygens (including phenoxy) is 2. The number of benzene rings is 1. The molecule has 0 amide bonds. The lowest BCUT2D eigenvalue weighted by Gasteiger charge is -2.27. The summed E-state index contributed by atoms with van der Waals surface area (Å²) < 4.78 is 11.0. The van der Waals surface area contributed by atoms with Crippen molar-refractivity contribution in [3.8, 4) is 11.5 Å². The number of hydrogen-bond donors (Lipinski definition) is 0. The van der Waals surface area contributed by atoms with Gasteiger partial charge in [0.25, 0.3) is 0 Å². The van der Waals surface area contributed by atoms with Gasteiger partial charge in [-0.25, -0.2) is 0 Å². The molecule has 3 nitrogen and oxygen atoms in total. The zero-order valence-corrected chi connectivity index (χ0v) is 14.8. The van der Waals surface area contributed by atoms with Gasteiger partial charge in [-0.3, -0.25) is 4.79 Å². The molecule has 0 aliphatic heterocycles. The van der Waals surface area contributed by atoms with Gasteiger partial charge < -0.3 is 9.47 Å². The van der Waals surface area contributed by atoms with Crippen LogP contribution in [-0.4, -0.2) is 12.6 Å². The molecule has 0 unspecified atom stereocenters. The zero-order chi connectivity index (χ0) is 17.2. The van der Waals surface area contributed by atoms with Crippen LogP contribution >= 0.6 is 0 Å². The Morgan fingerprint density at radius 3 is 2.42 bits per heavy atom. The quantitative estimate of drug-likeness (QED) is 0.258. The summed E-state index contributed by atoms with van der Waals surface area (Å²) in [6.45, 7) is 6.33. The Kier molecular flexibility index (Phi) is 7.87. The predicted octanol–water partition coefficient (Wildman–Crippen LogP) is 5.54. The van der Waals surface area contributed by atoms with Crippen molar-refractivity contribution in [2.24, 2.45) is 11.8 Å². The molecule has 0 bridgehead atoms. The van der Waals surface area contributed by atoms with Crippen molar-refractivity contribution in [3.05, 3.63) is 36.9 Å². The smallest absolute Gasteiger partial charge is 0.314 e. The van der Waals surface area contributed by atoms with Crippen LogP contribution in [0.2, 0.25) is 0 Å². The van der Waals surface area contributed by atoms with Crippen LogP contribution in [0.3, 0.4) is 0 Å². The average Bonchev–Trinajstić information content (AvgIpc) is 2.62. The Hall–Kier alpha value is -1.77. The van der Waals surface area contributed by atoms with Gasteiger partial charge in [0, 0.05) is 0 Å². The predicted molar refractivity (Wildman–Crippen MR) is 97.4 cm³/mol. The molecule has 1 aliphatic carbocycles. The summed E-state index contributed by atoms with van der Waals surface area (Å²) in [6, 6.07) is 7.20. The summed E-state index contributed by atoms with van der Waals surface area (Å²) >= 11 is 0. The maximum Gasteiger partial charge on any atom is 0.314 e. The van der Waals surface area contributed by atoms with E-state index in [2.05, 4.69) is 13.5 Å². The molecule has 0 atom stereocenters. The van der Waals surface area contributed by atoms with Gasteiger partial charge in [0.15, 0.2) is 0 Å². The highest BCUT2D eigenvalue weighted by atomic mass is 16.5. The molecule has 0 heterocycles. The summed E-state index contributed by atoms with van der Waals surface area (Å²) in [5, 5.41) is 0. The standard InChI is InChI=1S/C21H30O3/c1-3-5-6-7-17-8-10-18(11-9-17)21(22)24-20-14-12-19(13-15-20)23-16-4-2/h4,12-15,17-18H,2-3,5-11,16H2,1H3. The third-order valence-corrected chi connectivity index (χ3v) is 4.81. The third kappa shape index (κ3) is 6.03. The second-order valence-electron chi connectivity index (χ2n) is 6.71. The second kappa shape index (κ2) is 10.2. The van der Waals surface area contributed by atoms with E-state index in [4.69, 9.17) is 9.47 Å². The summed E-state index contributed by atoms with van der Waals surface area (Å²) in [6.07, 6.45) is 11.2. The summed E-state index contributed by atoms with van der Waals surface area (Å²) in [4.78, 5) is 12.3. The van der Waals surface area contributed by atoms with Crippen molar-refractivity contribution < 1.29 is 14.3 Å². The van der Waals surface area contributed by atoms with E-state index in [-0.39, 0.29) is 11.9 Å². The first-order chi connectivity index (χ1) is 11.7. The lowest BCUT2D eigenvalue weighted by Crippen LogP contribution is -2.25. The van der Waals surface area contributed by atoms with Crippen molar-refractivity contribution >= 4 is 5.97 Å². The van der Waals surface area contributed by atoms with Crippen LogP contribution < -0.4 is 9.47 Å². The molecule has 1 fully saturated rings. The first-order valence-corrected chi connectivity index (χ1v) is 9.28. The average molecular weight is 330 g/mol. The van der Waals surface area contributed by atoms with Gasteiger partial charge in [-0.05, 0) is 55.9 Å². The van der Waals surface area contributed by atoms with Crippen LogP contribution in [-0.2, 0) is 4.79 Å². The number of hydrogen-bond acceptors (Lipinski definition) is 3. The first-order valence-electron chi connectivity index (χ1n) is 9.28. The topological polar surface area (TPSA) is 35.5 Å². The highest BCUT2D eigenvalue weighted by Gasteiger charge is 2.27. The number of unbranched alkanes of at least 4 members (excludes halogenated alkanes) is 2. The molecule has 1 aromatic carbocycles. The van der Waals surface area contributed by atoms with Crippen LogP contribution in [0.1, 0.15) is 58.3 Å². The fraction of sp³-hybridized carbons (Fsp3) is 0.571. The maximum absolute atomic E-state index is 12.3. The van der Waals surface area contributed by atoms with Crippen molar-refractivity contribution in [2.75, 3.05) is 6.61 Å². The van der Waals surface area contributed by atoms with Gasteiger partial charge in [-0.2, -0.15) is 0 Å². The van der Waals surface area contributed by atoms with Crippen molar-refractivity contribution in [3.63, 3.8) is 0 Å². The van der Waals surface area contributed by atoms with E-state index in [0.29, 0.717) is 12.4 Å². The molecule has 0 radical (unpaired) electrons. The van der Waals surface area contributed by atoms with E-state index in [1.807, 2.05) is 12.1 Å². The minimum Gasteiger partial charge on any atom is -0.490 e. The molecule has 2 rings (SSSR count). The van der Waals surface area contributed by atoms with E-state index in [1.165, 1.54) is 25.7 Å². The molecule has 0 spiro atoms. The molecule has 0 saturated heterocycles. The lowest BCUT2D eigenvalue weighted by molar-refractivity contribution is -0.140. The number of esters is 1. The maximum atomic E-state index is 12.3. The van der Waals surface area contributed by atoms with E-state index >= 15 is 0 Å². The highest BCUT2D eigenvalue weighted by Crippen LogP contribution is 2.33. The third-order valence-electron chi connectivity index (χ3n) is 4.81. The second-order valence-corrected chi connectivity index (χ2v) is 6.71. The Morgan fingerprint density at radius 2 is 1.79 bits per heavy atom. The van der Waals surface area contributed by atoms with E-state index < -0.39 is 0 Å². The lowest BCUT2D eigenvalue weighted by atomic mass is 9.80. The summed E-state index contributed by atoms with van der Waals surface area (Å²) in [5.74, 6) is 2.13.